The number of carbonyl (C=O) groups is 2. The highest BCUT2D eigenvalue weighted by Crippen LogP contribution is 2.15. The molecule has 18 heavy (non-hydrogen) atoms. The van der Waals surface area contributed by atoms with Gasteiger partial charge in [-0.05, 0) is 31.4 Å². The minimum atomic E-state index is -0.836. The van der Waals surface area contributed by atoms with Crippen LogP contribution in [0.1, 0.15) is 30.0 Å². The van der Waals surface area contributed by atoms with Crippen LogP contribution in [0.25, 0.3) is 0 Å². The molecule has 0 fully saturated rings. The first-order valence-corrected chi connectivity index (χ1v) is 5.98. The summed E-state index contributed by atoms with van der Waals surface area (Å²) in [5.74, 6) is -1.11. The quantitative estimate of drug-likeness (QED) is 0.785. The first-order valence-electron chi connectivity index (χ1n) is 5.98. The molecule has 0 saturated heterocycles. The van der Waals surface area contributed by atoms with E-state index in [1.54, 1.807) is 6.92 Å². The number of aliphatic carboxylic acids is 1. The first-order chi connectivity index (χ1) is 8.52. The number of esters is 1. The monoisotopic (exact) mass is 250 g/mol. The number of hydrogen-bond donors (Lipinski definition) is 1. The first kappa shape index (κ1) is 14.2. The molecule has 1 N–H and O–H groups in total. The Bertz CT molecular complexity index is 437. The zero-order valence-electron chi connectivity index (χ0n) is 10.7. The van der Waals surface area contributed by atoms with Crippen molar-refractivity contribution in [3.8, 4) is 0 Å². The summed E-state index contributed by atoms with van der Waals surface area (Å²) < 4.78 is 4.91. The van der Waals surface area contributed by atoms with Crippen molar-refractivity contribution in [1.82, 2.24) is 0 Å². The smallest absolute Gasteiger partial charge is 0.310 e. The van der Waals surface area contributed by atoms with Crippen LogP contribution in [0.3, 0.4) is 0 Å². The van der Waals surface area contributed by atoms with Crippen molar-refractivity contribution >= 4 is 11.9 Å². The fraction of sp³-hybridized carbons (Fsp3) is 0.429. The summed E-state index contributed by atoms with van der Waals surface area (Å²) in [5.41, 5.74) is 2.80. The minimum absolute atomic E-state index is 0.0683. The highest BCUT2D eigenvalue weighted by atomic mass is 16.5. The van der Waals surface area contributed by atoms with Gasteiger partial charge in [0.1, 0.15) is 0 Å². The van der Waals surface area contributed by atoms with Gasteiger partial charge in [-0.1, -0.05) is 23.8 Å². The third kappa shape index (κ3) is 4.57. The minimum Gasteiger partial charge on any atom is -0.481 e. The maximum absolute atomic E-state index is 11.5. The van der Waals surface area contributed by atoms with Crippen LogP contribution >= 0.6 is 0 Å². The van der Waals surface area contributed by atoms with Crippen molar-refractivity contribution in [3.05, 3.63) is 34.9 Å². The summed E-state index contributed by atoms with van der Waals surface area (Å²) in [6.45, 7) is 4.06. The van der Waals surface area contributed by atoms with E-state index in [1.165, 1.54) is 0 Å². The summed E-state index contributed by atoms with van der Waals surface area (Å²) >= 11 is 0. The van der Waals surface area contributed by atoms with E-state index in [1.807, 2.05) is 25.1 Å². The summed E-state index contributed by atoms with van der Waals surface area (Å²) in [4.78, 5) is 22.1. The Labute approximate surface area is 107 Å². The number of rotatable bonds is 6. The van der Waals surface area contributed by atoms with E-state index in [-0.39, 0.29) is 18.8 Å². The lowest BCUT2D eigenvalue weighted by Gasteiger charge is -2.09. The molecular formula is C14H18O4. The third-order valence-electron chi connectivity index (χ3n) is 2.61. The van der Waals surface area contributed by atoms with E-state index in [0.717, 1.165) is 16.7 Å². The predicted octanol–water partition coefficient (Wildman–Crippen LogP) is 2.12. The molecule has 0 amide bonds. The zero-order valence-corrected chi connectivity index (χ0v) is 10.7. The van der Waals surface area contributed by atoms with Crippen molar-refractivity contribution < 1.29 is 19.4 Å². The molecule has 1 aromatic rings. The number of benzene rings is 1. The van der Waals surface area contributed by atoms with Gasteiger partial charge in [-0.25, -0.2) is 0 Å². The molecule has 4 heteroatoms. The van der Waals surface area contributed by atoms with Crippen LogP contribution in [0.15, 0.2) is 18.2 Å². The summed E-state index contributed by atoms with van der Waals surface area (Å²) in [5, 5.41) is 8.69. The number of aryl methyl sites for hydroxylation is 2. The number of carboxylic acid groups (broad SMARTS) is 1. The molecule has 1 rings (SSSR count). The van der Waals surface area contributed by atoms with Gasteiger partial charge in [0.25, 0.3) is 0 Å². The van der Waals surface area contributed by atoms with Crippen LogP contribution < -0.4 is 0 Å². The van der Waals surface area contributed by atoms with Crippen LogP contribution in [0.2, 0.25) is 0 Å². The van der Waals surface area contributed by atoms with Crippen molar-refractivity contribution in [2.75, 3.05) is 6.61 Å². The number of ether oxygens (including phenoxy) is 1. The van der Waals surface area contributed by atoms with Gasteiger partial charge in [0.15, 0.2) is 0 Å². The summed E-state index contributed by atoms with van der Waals surface area (Å²) in [6.07, 6.45) is 0.702. The van der Waals surface area contributed by atoms with Gasteiger partial charge in [0.05, 0.1) is 13.0 Å². The molecular weight excluding hydrogens is 232 g/mol. The van der Waals surface area contributed by atoms with Crippen molar-refractivity contribution in [1.29, 1.82) is 0 Å². The van der Waals surface area contributed by atoms with Gasteiger partial charge in [0.2, 0.25) is 0 Å². The highest BCUT2D eigenvalue weighted by molar-refractivity contribution is 5.73. The van der Waals surface area contributed by atoms with Crippen molar-refractivity contribution in [3.63, 3.8) is 0 Å². The molecule has 0 aromatic heterocycles. The summed E-state index contributed by atoms with van der Waals surface area (Å²) in [7, 11) is 0. The highest BCUT2D eigenvalue weighted by Gasteiger charge is 2.10. The van der Waals surface area contributed by atoms with Gasteiger partial charge in [0, 0.05) is 6.42 Å². The van der Waals surface area contributed by atoms with Crippen LogP contribution in [-0.4, -0.2) is 23.7 Å². The molecule has 0 spiro atoms. The number of carbonyl (C=O) groups excluding carboxylic acids is 1. The van der Waals surface area contributed by atoms with Crippen molar-refractivity contribution in [2.45, 2.75) is 33.1 Å². The second-order valence-corrected chi connectivity index (χ2v) is 4.15. The molecule has 0 heterocycles. The normalized spacial score (nSPS) is 10.1. The van der Waals surface area contributed by atoms with E-state index >= 15 is 0 Å². The lowest BCUT2D eigenvalue weighted by molar-refractivity contribution is -0.142. The van der Waals surface area contributed by atoms with Gasteiger partial charge in [-0.3, -0.25) is 9.59 Å². The van der Waals surface area contributed by atoms with Gasteiger partial charge < -0.3 is 9.84 Å². The summed E-state index contributed by atoms with van der Waals surface area (Å²) in [6, 6.07) is 5.72. The van der Waals surface area contributed by atoms with E-state index in [2.05, 4.69) is 0 Å². The van der Waals surface area contributed by atoms with E-state index in [4.69, 9.17) is 9.84 Å². The van der Waals surface area contributed by atoms with Gasteiger partial charge in [-0.15, -0.1) is 0 Å². The molecule has 0 bridgehead atoms. The number of carboxylic acids is 1. The molecule has 0 radical (unpaired) electrons. The molecule has 4 nitrogen and oxygen atoms in total. The Kier molecular flexibility index (Phi) is 5.36. The Hall–Kier alpha value is -1.84. The van der Waals surface area contributed by atoms with Gasteiger partial charge >= 0.3 is 11.9 Å². The molecule has 0 unspecified atom stereocenters. The van der Waals surface area contributed by atoms with Crippen molar-refractivity contribution in [2.24, 2.45) is 0 Å². The third-order valence-corrected chi connectivity index (χ3v) is 2.61. The predicted molar refractivity (Wildman–Crippen MR) is 67.5 cm³/mol. The lowest BCUT2D eigenvalue weighted by atomic mass is 9.98. The second kappa shape index (κ2) is 6.79. The van der Waals surface area contributed by atoms with Crippen LogP contribution in [0.5, 0.6) is 0 Å². The molecule has 0 aliphatic rings. The molecule has 0 atom stereocenters. The van der Waals surface area contributed by atoms with Crippen LogP contribution in [0, 0.1) is 6.92 Å². The van der Waals surface area contributed by atoms with Crippen LogP contribution in [-0.2, 0) is 27.2 Å². The maximum atomic E-state index is 11.5. The number of hydrogen-bond acceptors (Lipinski definition) is 3. The topological polar surface area (TPSA) is 63.6 Å². The fourth-order valence-corrected chi connectivity index (χ4v) is 1.77. The Morgan fingerprint density at radius 3 is 2.61 bits per heavy atom. The van der Waals surface area contributed by atoms with E-state index < -0.39 is 5.97 Å². The standard InChI is InChI=1S/C14H18O4/c1-3-18-14(17)9-12-8-10(2)4-5-11(12)6-7-13(15)16/h4-5,8H,3,6-7,9H2,1-2H3,(H,15,16). The Balaban J connectivity index is 2.82. The average Bonchev–Trinajstić information content (AvgIpc) is 2.28. The molecule has 1 aromatic carbocycles. The molecule has 98 valence electrons. The largest absolute Gasteiger partial charge is 0.481 e. The van der Waals surface area contributed by atoms with E-state index in [0.29, 0.717) is 13.0 Å². The Morgan fingerprint density at radius 2 is 2.00 bits per heavy atom. The molecule has 0 aliphatic heterocycles. The Morgan fingerprint density at radius 1 is 1.28 bits per heavy atom. The lowest BCUT2D eigenvalue weighted by Crippen LogP contribution is -2.10. The SMILES string of the molecule is CCOC(=O)Cc1cc(C)ccc1CCC(=O)O. The fourth-order valence-electron chi connectivity index (χ4n) is 1.77. The van der Waals surface area contributed by atoms with Crippen LogP contribution in [0.4, 0.5) is 0 Å². The zero-order chi connectivity index (χ0) is 13.5. The van der Waals surface area contributed by atoms with E-state index in [9.17, 15) is 9.59 Å². The second-order valence-electron chi connectivity index (χ2n) is 4.15. The average molecular weight is 250 g/mol. The molecule has 0 saturated carbocycles. The maximum Gasteiger partial charge on any atom is 0.310 e. The molecule has 0 aliphatic carbocycles. The van der Waals surface area contributed by atoms with Gasteiger partial charge in [-0.2, -0.15) is 0 Å².